The summed E-state index contributed by atoms with van der Waals surface area (Å²) in [7, 11) is 0. The first-order chi connectivity index (χ1) is 7.59. The number of rotatable bonds is 6. The van der Waals surface area contributed by atoms with Gasteiger partial charge in [0.05, 0.1) is 0 Å². The van der Waals surface area contributed by atoms with Gasteiger partial charge in [-0.2, -0.15) is 0 Å². The van der Waals surface area contributed by atoms with Gasteiger partial charge in [-0.1, -0.05) is 17.7 Å². The SMILES string of the molecule is C[C@H](NCCOc1cccc(Cl)c1)C(=O)O. The molecule has 1 atom stereocenters. The molecule has 0 unspecified atom stereocenters. The van der Waals surface area contributed by atoms with Gasteiger partial charge in [-0.15, -0.1) is 0 Å². The van der Waals surface area contributed by atoms with Crippen molar-refractivity contribution in [1.82, 2.24) is 5.32 Å². The highest BCUT2D eigenvalue weighted by molar-refractivity contribution is 6.30. The minimum atomic E-state index is -0.872. The van der Waals surface area contributed by atoms with E-state index in [0.29, 0.717) is 23.9 Å². The molecule has 88 valence electrons. The summed E-state index contributed by atoms with van der Waals surface area (Å²) < 4.78 is 5.38. The molecule has 4 nitrogen and oxygen atoms in total. The van der Waals surface area contributed by atoms with Crippen molar-refractivity contribution in [1.29, 1.82) is 0 Å². The van der Waals surface area contributed by atoms with Crippen molar-refractivity contribution in [3.8, 4) is 5.75 Å². The molecule has 0 heterocycles. The van der Waals surface area contributed by atoms with E-state index in [1.807, 2.05) is 0 Å². The summed E-state index contributed by atoms with van der Waals surface area (Å²) in [5.74, 6) is -0.194. The molecule has 0 amide bonds. The van der Waals surface area contributed by atoms with Crippen LogP contribution >= 0.6 is 11.6 Å². The van der Waals surface area contributed by atoms with Gasteiger partial charge in [0.15, 0.2) is 0 Å². The third kappa shape index (κ3) is 4.51. The van der Waals surface area contributed by atoms with Crippen molar-refractivity contribution in [2.45, 2.75) is 13.0 Å². The molecule has 5 heteroatoms. The van der Waals surface area contributed by atoms with Gasteiger partial charge >= 0.3 is 5.97 Å². The van der Waals surface area contributed by atoms with E-state index < -0.39 is 12.0 Å². The van der Waals surface area contributed by atoms with Gasteiger partial charge in [0.1, 0.15) is 18.4 Å². The predicted molar refractivity (Wildman–Crippen MR) is 62.0 cm³/mol. The highest BCUT2D eigenvalue weighted by Gasteiger charge is 2.08. The van der Waals surface area contributed by atoms with Crippen LogP contribution in [0.3, 0.4) is 0 Å². The van der Waals surface area contributed by atoms with Crippen molar-refractivity contribution in [3.63, 3.8) is 0 Å². The second-order valence-electron chi connectivity index (χ2n) is 3.32. The summed E-state index contributed by atoms with van der Waals surface area (Å²) in [6.07, 6.45) is 0. The van der Waals surface area contributed by atoms with E-state index >= 15 is 0 Å². The van der Waals surface area contributed by atoms with Gasteiger partial charge < -0.3 is 15.2 Å². The first-order valence-corrected chi connectivity index (χ1v) is 5.32. The maximum atomic E-state index is 10.5. The van der Waals surface area contributed by atoms with E-state index in [4.69, 9.17) is 21.4 Å². The van der Waals surface area contributed by atoms with Gasteiger partial charge in [0.25, 0.3) is 0 Å². The second-order valence-corrected chi connectivity index (χ2v) is 3.76. The Labute approximate surface area is 99.2 Å². The zero-order chi connectivity index (χ0) is 12.0. The summed E-state index contributed by atoms with van der Waals surface area (Å²) in [4.78, 5) is 10.5. The topological polar surface area (TPSA) is 58.6 Å². The van der Waals surface area contributed by atoms with Crippen LogP contribution in [0.4, 0.5) is 0 Å². The molecule has 0 aliphatic rings. The Morgan fingerprint density at radius 2 is 2.38 bits per heavy atom. The Morgan fingerprint density at radius 1 is 1.62 bits per heavy atom. The number of benzene rings is 1. The summed E-state index contributed by atoms with van der Waals surface area (Å²) in [6, 6.07) is 6.50. The summed E-state index contributed by atoms with van der Waals surface area (Å²) in [5.41, 5.74) is 0. The predicted octanol–water partition coefficient (Wildman–Crippen LogP) is 1.78. The average Bonchev–Trinajstić information content (AvgIpc) is 2.24. The molecule has 1 aromatic rings. The standard InChI is InChI=1S/C11H14ClNO3/c1-8(11(14)15)13-5-6-16-10-4-2-3-9(12)7-10/h2-4,7-8,13H,5-6H2,1H3,(H,14,15)/t8-/m0/s1. The molecule has 1 rings (SSSR count). The molecule has 0 bridgehead atoms. The lowest BCUT2D eigenvalue weighted by Gasteiger charge is -2.10. The monoisotopic (exact) mass is 243 g/mol. The van der Waals surface area contributed by atoms with Crippen molar-refractivity contribution in [2.75, 3.05) is 13.2 Å². The van der Waals surface area contributed by atoms with Crippen LogP contribution in [-0.2, 0) is 4.79 Å². The van der Waals surface area contributed by atoms with Crippen molar-refractivity contribution < 1.29 is 14.6 Å². The van der Waals surface area contributed by atoms with Crippen LogP contribution in [0.25, 0.3) is 0 Å². The zero-order valence-electron chi connectivity index (χ0n) is 8.94. The fourth-order valence-electron chi connectivity index (χ4n) is 1.09. The molecule has 0 fully saturated rings. The lowest BCUT2D eigenvalue weighted by atomic mass is 10.3. The van der Waals surface area contributed by atoms with Gasteiger partial charge in [0.2, 0.25) is 0 Å². The quantitative estimate of drug-likeness (QED) is 0.748. The minimum absolute atomic E-state index is 0.401. The highest BCUT2D eigenvalue weighted by atomic mass is 35.5. The van der Waals surface area contributed by atoms with Crippen LogP contribution in [0.2, 0.25) is 5.02 Å². The third-order valence-electron chi connectivity index (χ3n) is 1.99. The van der Waals surface area contributed by atoms with Crippen LogP contribution in [0.15, 0.2) is 24.3 Å². The Kier molecular flexibility index (Phi) is 5.08. The summed E-state index contributed by atoms with van der Waals surface area (Å²) >= 11 is 5.78. The number of ether oxygens (including phenoxy) is 1. The molecule has 2 N–H and O–H groups in total. The minimum Gasteiger partial charge on any atom is -0.492 e. The zero-order valence-corrected chi connectivity index (χ0v) is 9.70. The van der Waals surface area contributed by atoms with Crippen LogP contribution in [0.5, 0.6) is 5.75 Å². The lowest BCUT2D eigenvalue weighted by Crippen LogP contribution is -2.36. The van der Waals surface area contributed by atoms with Gasteiger partial charge in [0, 0.05) is 11.6 Å². The molecule has 16 heavy (non-hydrogen) atoms. The van der Waals surface area contributed by atoms with Crippen molar-refractivity contribution in [3.05, 3.63) is 29.3 Å². The normalized spacial score (nSPS) is 12.1. The van der Waals surface area contributed by atoms with Crippen LogP contribution < -0.4 is 10.1 Å². The number of carboxylic acids is 1. The molecule has 0 aliphatic heterocycles. The number of hydrogen-bond donors (Lipinski definition) is 2. The van der Waals surface area contributed by atoms with Gasteiger partial charge in [-0.05, 0) is 25.1 Å². The molecule has 0 aliphatic carbocycles. The number of hydrogen-bond acceptors (Lipinski definition) is 3. The molecule has 0 spiro atoms. The molecule has 0 radical (unpaired) electrons. The van der Waals surface area contributed by atoms with E-state index in [2.05, 4.69) is 5.32 Å². The largest absolute Gasteiger partial charge is 0.492 e. The number of aliphatic carboxylic acids is 1. The first-order valence-electron chi connectivity index (χ1n) is 4.94. The Hall–Kier alpha value is -1.26. The molecular formula is C11H14ClNO3. The van der Waals surface area contributed by atoms with Crippen LogP contribution in [0.1, 0.15) is 6.92 Å². The summed E-state index contributed by atoms with van der Waals surface area (Å²) in [5, 5.41) is 12.0. The highest BCUT2D eigenvalue weighted by Crippen LogP contribution is 2.16. The van der Waals surface area contributed by atoms with E-state index in [1.54, 1.807) is 31.2 Å². The number of nitrogens with one attached hydrogen (secondary N) is 1. The molecular weight excluding hydrogens is 230 g/mol. The number of carboxylic acid groups (broad SMARTS) is 1. The molecule has 1 aromatic carbocycles. The fourth-order valence-corrected chi connectivity index (χ4v) is 1.27. The van der Waals surface area contributed by atoms with Crippen molar-refractivity contribution >= 4 is 17.6 Å². The maximum absolute atomic E-state index is 10.5. The molecule has 0 saturated carbocycles. The van der Waals surface area contributed by atoms with Crippen molar-refractivity contribution in [2.24, 2.45) is 0 Å². The Morgan fingerprint density at radius 3 is 3.00 bits per heavy atom. The average molecular weight is 244 g/mol. The van der Waals surface area contributed by atoms with Crippen LogP contribution in [0, 0.1) is 0 Å². The van der Waals surface area contributed by atoms with Gasteiger partial charge in [-0.25, -0.2) is 0 Å². The van der Waals surface area contributed by atoms with E-state index in [0.717, 1.165) is 0 Å². The molecule has 0 aromatic heterocycles. The summed E-state index contributed by atoms with van der Waals surface area (Å²) in [6.45, 7) is 2.46. The van der Waals surface area contributed by atoms with Crippen LogP contribution in [-0.4, -0.2) is 30.3 Å². The van der Waals surface area contributed by atoms with E-state index in [9.17, 15) is 4.79 Å². The number of halogens is 1. The third-order valence-corrected chi connectivity index (χ3v) is 2.22. The first kappa shape index (κ1) is 12.8. The fraction of sp³-hybridized carbons (Fsp3) is 0.364. The Balaban J connectivity index is 2.23. The number of carbonyl (C=O) groups is 1. The van der Waals surface area contributed by atoms with E-state index in [-0.39, 0.29) is 0 Å². The lowest BCUT2D eigenvalue weighted by molar-refractivity contribution is -0.139. The Bertz CT molecular complexity index is 357. The molecule has 0 saturated heterocycles. The maximum Gasteiger partial charge on any atom is 0.320 e. The van der Waals surface area contributed by atoms with E-state index in [1.165, 1.54) is 0 Å². The van der Waals surface area contributed by atoms with Gasteiger partial charge in [-0.3, -0.25) is 4.79 Å². The second kappa shape index (κ2) is 6.35. The smallest absolute Gasteiger partial charge is 0.320 e.